The van der Waals surface area contributed by atoms with Crippen molar-refractivity contribution in [2.75, 3.05) is 0 Å². The molecule has 0 spiro atoms. The number of aryl methyl sites for hydroxylation is 1. The number of carbonyl (C=O) groups is 1. The summed E-state index contributed by atoms with van der Waals surface area (Å²) in [6.07, 6.45) is 4.09. The van der Waals surface area contributed by atoms with E-state index in [2.05, 4.69) is 17.0 Å². The van der Waals surface area contributed by atoms with Crippen molar-refractivity contribution in [3.63, 3.8) is 0 Å². The van der Waals surface area contributed by atoms with E-state index in [1.54, 1.807) is 25.4 Å². The summed E-state index contributed by atoms with van der Waals surface area (Å²) in [6.45, 7) is 5.66. The third-order valence-corrected chi connectivity index (χ3v) is 4.09. The molecule has 116 valence electrons. The summed E-state index contributed by atoms with van der Waals surface area (Å²) in [5.74, 6) is 0.0631. The molecule has 0 radical (unpaired) electrons. The van der Waals surface area contributed by atoms with Gasteiger partial charge in [0, 0.05) is 35.6 Å². The number of pyridine rings is 1. The van der Waals surface area contributed by atoms with Crippen LogP contribution >= 0.6 is 0 Å². The molecule has 0 unspecified atom stereocenters. The van der Waals surface area contributed by atoms with E-state index in [0.717, 1.165) is 33.8 Å². The number of hydrogen-bond acceptors (Lipinski definition) is 3. The van der Waals surface area contributed by atoms with Gasteiger partial charge in [-0.05, 0) is 44.5 Å². The minimum absolute atomic E-state index is 0.0631. The standard InChI is InChI=1S/C19H19N3O/c1-13-19(11-16-12-20-10-9-18(16)15(3)23)14(2)22(21-13)17-7-5-4-6-8-17/h4-10,12H,11H2,1-3H3. The van der Waals surface area contributed by atoms with Crippen LogP contribution in [0, 0.1) is 13.8 Å². The molecule has 0 atom stereocenters. The van der Waals surface area contributed by atoms with Crippen molar-refractivity contribution in [2.24, 2.45) is 0 Å². The topological polar surface area (TPSA) is 47.8 Å². The molecule has 3 rings (SSSR count). The summed E-state index contributed by atoms with van der Waals surface area (Å²) in [5, 5.41) is 4.66. The number of benzene rings is 1. The number of Topliss-reactive ketones (excluding diaryl/α,β-unsaturated/α-hetero) is 1. The fourth-order valence-corrected chi connectivity index (χ4v) is 2.85. The van der Waals surface area contributed by atoms with E-state index in [0.29, 0.717) is 6.42 Å². The minimum Gasteiger partial charge on any atom is -0.294 e. The lowest BCUT2D eigenvalue weighted by atomic mass is 9.99. The first kappa shape index (κ1) is 15.2. The number of para-hydroxylation sites is 1. The van der Waals surface area contributed by atoms with Gasteiger partial charge in [0.25, 0.3) is 0 Å². The fraction of sp³-hybridized carbons (Fsp3) is 0.211. The maximum atomic E-state index is 11.8. The van der Waals surface area contributed by atoms with Crippen molar-refractivity contribution >= 4 is 5.78 Å². The Hall–Kier alpha value is -2.75. The van der Waals surface area contributed by atoms with Gasteiger partial charge in [-0.2, -0.15) is 5.10 Å². The van der Waals surface area contributed by atoms with Crippen LogP contribution in [0.1, 0.15) is 39.8 Å². The number of ketones is 1. The van der Waals surface area contributed by atoms with Gasteiger partial charge in [-0.15, -0.1) is 0 Å². The highest BCUT2D eigenvalue weighted by atomic mass is 16.1. The number of rotatable bonds is 4. The smallest absolute Gasteiger partial charge is 0.160 e. The van der Waals surface area contributed by atoms with Gasteiger partial charge >= 0.3 is 0 Å². The largest absolute Gasteiger partial charge is 0.294 e. The zero-order chi connectivity index (χ0) is 16.4. The highest BCUT2D eigenvalue weighted by Crippen LogP contribution is 2.22. The molecule has 4 heteroatoms. The predicted octanol–water partition coefficient (Wildman–Crippen LogP) is 3.68. The number of aromatic nitrogens is 3. The average Bonchev–Trinajstić information content (AvgIpc) is 2.84. The first-order valence-electron chi connectivity index (χ1n) is 7.62. The molecule has 0 amide bonds. The maximum Gasteiger partial charge on any atom is 0.160 e. The van der Waals surface area contributed by atoms with Crippen LogP contribution in [0.25, 0.3) is 5.69 Å². The fourth-order valence-electron chi connectivity index (χ4n) is 2.85. The Labute approximate surface area is 135 Å². The Morgan fingerprint density at radius 1 is 1.13 bits per heavy atom. The van der Waals surface area contributed by atoms with Crippen LogP contribution < -0.4 is 0 Å². The van der Waals surface area contributed by atoms with Crippen LogP contribution in [0.5, 0.6) is 0 Å². The molecule has 4 nitrogen and oxygen atoms in total. The van der Waals surface area contributed by atoms with E-state index in [4.69, 9.17) is 0 Å². The third-order valence-electron chi connectivity index (χ3n) is 4.09. The molecular weight excluding hydrogens is 286 g/mol. The molecule has 2 aromatic heterocycles. The monoisotopic (exact) mass is 305 g/mol. The van der Waals surface area contributed by atoms with Crippen molar-refractivity contribution in [1.29, 1.82) is 0 Å². The molecule has 3 aromatic rings. The van der Waals surface area contributed by atoms with E-state index in [9.17, 15) is 4.79 Å². The van der Waals surface area contributed by atoms with Crippen molar-refractivity contribution in [3.05, 3.63) is 76.9 Å². The van der Waals surface area contributed by atoms with Gasteiger partial charge in [-0.25, -0.2) is 4.68 Å². The maximum absolute atomic E-state index is 11.8. The molecule has 0 saturated heterocycles. The Bertz CT molecular complexity index is 850. The summed E-state index contributed by atoms with van der Waals surface area (Å²) in [6, 6.07) is 11.8. The molecule has 0 bridgehead atoms. The molecule has 2 heterocycles. The summed E-state index contributed by atoms with van der Waals surface area (Å²) in [4.78, 5) is 16.0. The highest BCUT2D eigenvalue weighted by Gasteiger charge is 2.16. The van der Waals surface area contributed by atoms with Crippen LogP contribution in [0.2, 0.25) is 0 Å². The average molecular weight is 305 g/mol. The summed E-state index contributed by atoms with van der Waals surface area (Å²) in [7, 11) is 0. The molecule has 0 saturated carbocycles. The molecule has 0 aliphatic rings. The second kappa shape index (κ2) is 6.16. The van der Waals surface area contributed by atoms with Crippen LogP contribution in [-0.4, -0.2) is 20.5 Å². The van der Waals surface area contributed by atoms with E-state index < -0.39 is 0 Å². The van der Waals surface area contributed by atoms with Gasteiger partial charge in [0.05, 0.1) is 11.4 Å². The van der Waals surface area contributed by atoms with Crippen LogP contribution in [0.4, 0.5) is 0 Å². The molecule has 0 fully saturated rings. The number of carbonyl (C=O) groups excluding carboxylic acids is 1. The zero-order valence-corrected chi connectivity index (χ0v) is 13.6. The Kier molecular flexibility index (Phi) is 4.06. The second-order valence-corrected chi connectivity index (χ2v) is 5.66. The Morgan fingerprint density at radius 3 is 2.57 bits per heavy atom. The predicted molar refractivity (Wildman–Crippen MR) is 90.1 cm³/mol. The van der Waals surface area contributed by atoms with Crippen molar-refractivity contribution in [2.45, 2.75) is 27.2 Å². The number of hydrogen-bond donors (Lipinski definition) is 0. The Balaban J connectivity index is 2.03. The molecule has 1 aromatic carbocycles. The van der Waals surface area contributed by atoms with E-state index >= 15 is 0 Å². The van der Waals surface area contributed by atoms with Crippen LogP contribution in [0.3, 0.4) is 0 Å². The van der Waals surface area contributed by atoms with Crippen LogP contribution in [0.15, 0.2) is 48.8 Å². The summed E-state index contributed by atoms with van der Waals surface area (Å²) < 4.78 is 1.95. The molecular formula is C19H19N3O. The van der Waals surface area contributed by atoms with Gasteiger partial charge < -0.3 is 0 Å². The lowest BCUT2D eigenvalue weighted by Gasteiger charge is -2.08. The third kappa shape index (κ3) is 2.93. The van der Waals surface area contributed by atoms with E-state index in [1.807, 2.05) is 41.9 Å². The lowest BCUT2D eigenvalue weighted by molar-refractivity contribution is 0.101. The van der Waals surface area contributed by atoms with Gasteiger partial charge in [0.1, 0.15) is 0 Å². The van der Waals surface area contributed by atoms with Gasteiger partial charge in [0.15, 0.2) is 5.78 Å². The molecule has 0 aliphatic heterocycles. The summed E-state index contributed by atoms with van der Waals surface area (Å²) in [5.41, 5.74) is 5.92. The first-order chi connectivity index (χ1) is 11.1. The summed E-state index contributed by atoms with van der Waals surface area (Å²) >= 11 is 0. The lowest BCUT2D eigenvalue weighted by Crippen LogP contribution is -2.03. The molecule has 0 aliphatic carbocycles. The normalized spacial score (nSPS) is 10.7. The second-order valence-electron chi connectivity index (χ2n) is 5.66. The SMILES string of the molecule is CC(=O)c1ccncc1Cc1c(C)nn(-c2ccccc2)c1C. The van der Waals surface area contributed by atoms with Crippen molar-refractivity contribution in [3.8, 4) is 5.69 Å². The van der Waals surface area contributed by atoms with Crippen molar-refractivity contribution < 1.29 is 4.79 Å². The first-order valence-corrected chi connectivity index (χ1v) is 7.62. The van der Waals surface area contributed by atoms with Gasteiger partial charge in [0.2, 0.25) is 0 Å². The van der Waals surface area contributed by atoms with E-state index in [-0.39, 0.29) is 5.78 Å². The number of nitrogens with zero attached hydrogens (tertiary/aromatic N) is 3. The van der Waals surface area contributed by atoms with Crippen LogP contribution in [-0.2, 0) is 6.42 Å². The minimum atomic E-state index is 0.0631. The Morgan fingerprint density at radius 2 is 1.87 bits per heavy atom. The van der Waals surface area contributed by atoms with Gasteiger partial charge in [-0.1, -0.05) is 18.2 Å². The van der Waals surface area contributed by atoms with Crippen molar-refractivity contribution in [1.82, 2.24) is 14.8 Å². The van der Waals surface area contributed by atoms with Gasteiger partial charge in [-0.3, -0.25) is 9.78 Å². The highest BCUT2D eigenvalue weighted by molar-refractivity contribution is 5.95. The quantitative estimate of drug-likeness (QED) is 0.691. The molecule has 0 N–H and O–H groups in total. The zero-order valence-electron chi connectivity index (χ0n) is 13.6. The van der Waals surface area contributed by atoms with E-state index in [1.165, 1.54) is 0 Å². The molecule has 23 heavy (non-hydrogen) atoms.